The summed E-state index contributed by atoms with van der Waals surface area (Å²) in [6, 6.07) is 25.5. The van der Waals surface area contributed by atoms with Crippen LogP contribution in [0.15, 0.2) is 54.6 Å². The van der Waals surface area contributed by atoms with Gasteiger partial charge in [-0.3, -0.25) is 0 Å². The minimum absolute atomic E-state index is 0.0118. The second-order valence-electron chi connectivity index (χ2n) is 7.68. The molecular formula is C27H14N4O. The van der Waals surface area contributed by atoms with Gasteiger partial charge in [-0.05, 0) is 45.5 Å². The normalized spacial score (nSPS) is 16.2. The van der Waals surface area contributed by atoms with E-state index in [9.17, 15) is 21.0 Å². The first-order valence-corrected chi connectivity index (χ1v) is 9.96. The Balaban J connectivity index is 2.06. The fraction of sp³-hybridized carbons (Fsp3) is 0.111. The topological polar surface area (TPSA) is 104 Å². The van der Waals surface area contributed by atoms with Gasteiger partial charge in [-0.1, -0.05) is 42.5 Å². The Morgan fingerprint density at radius 1 is 0.656 bits per heavy atom. The highest BCUT2D eigenvalue weighted by Crippen LogP contribution is 2.54. The second kappa shape index (κ2) is 7.14. The zero-order chi connectivity index (χ0) is 22.4. The molecule has 2 atom stereocenters. The fourth-order valence-electron chi connectivity index (χ4n) is 5.17. The molecule has 0 spiro atoms. The van der Waals surface area contributed by atoms with Crippen molar-refractivity contribution >= 4 is 11.1 Å². The van der Waals surface area contributed by atoms with Gasteiger partial charge >= 0.3 is 0 Å². The quantitative estimate of drug-likeness (QED) is 0.422. The standard InChI is InChI=1S/C27H14N4O/c1-32-17-6-7-22-23(10-17)25-21-5-3-2-4-20(21)24(22)26-18(15(11-28)12-29)8-9-19(27(25)26)16(13-30)14-31/h2-10,24-25H,1H3/t24-,25+/m0/s1. The summed E-state index contributed by atoms with van der Waals surface area (Å²) in [4.78, 5) is 0. The first kappa shape index (κ1) is 19.1. The molecule has 3 aliphatic rings. The lowest BCUT2D eigenvalue weighted by molar-refractivity contribution is 0.413. The van der Waals surface area contributed by atoms with Gasteiger partial charge in [0.25, 0.3) is 0 Å². The Kier molecular flexibility index (Phi) is 4.27. The van der Waals surface area contributed by atoms with E-state index in [1.807, 2.05) is 54.6 Å². The molecule has 0 saturated heterocycles. The van der Waals surface area contributed by atoms with Crippen LogP contribution < -0.4 is 15.2 Å². The number of rotatable bonds is 1. The second-order valence-corrected chi connectivity index (χ2v) is 7.68. The van der Waals surface area contributed by atoms with E-state index in [0.29, 0.717) is 10.4 Å². The van der Waals surface area contributed by atoms with Crippen LogP contribution in [0.2, 0.25) is 0 Å². The molecule has 0 radical (unpaired) electrons. The third-order valence-corrected chi connectivity index (χ3v) is 6.38. The number of nitriles is 4. The fourth-order valence-corrected chi connectivity index (χ4v) is 5.17. The van der Waals surface area contributed by atoms with Crippen molar-refractivity contribution in [3.63, 3.8) is 0 Å². The number of methoxy groups -OCH3 is 1. The summed E-state index contributed by atoms with van der Waals surface area (Å²) in [5.74, 6) is 0.248. The van der Waals surface area contributed by atoms with E-state index in [0.717, 1.165) is 39.1 Å². The van der Waals surface area contributed by atoms with Crippen molar-refractivity contribution in [3.05, 3.63) is 98.4 Å². The van der Waals surface area contributed by atoms with E-state index in [1.54, 1.807) is 19.2 Å². The van der Waals surface area contributed by atoms with Crippen LogP contribution in [-0.2, 0) is 0 Å². The monoisotopic (exact) mass is 410 g/mol. The third-order valence-electron chi connectivity index (χ3n) is 6.38. The molecule has 148 valence electrons. The average Bonchev–Trinajstić information content (AvgIpc) is 2.85. The van der Waals surface area contributed by atoms with E-state index >= 15 is 0 Å². The van der Waals surface area contributed by atoms with Crippen molar-refractivity contribution in [1.82, 2.24) is 0 Å². The lowest BCUT2D eigenvalue weighted by atomic mass is 9.60. The summed E-state index contributed by atoms with van der Waals surface area (Å²) < 4.78 is 5.48. The lowest BCUT2D eigenvalue weighted by Gasteiger charge is -2.42. The summed E-state index contributed by atoms with van der Waals surface area (Å²) in [5, 5.41) is 39.7. The number of nitrogens with zero attached hydrogens (tertiary/aromatic N) is 4. The van der Waals surface area contributed by atoms with Gasteiger partial charge < -0.3 is 4.74 Å². The summed E-state index contributed by atoms with van der Waals surface area (Å²) in [7, 11) is 1.62. The number of benzene rings is 3. The molecule has 3 aromatic rings. The zero-order valence-electron chi connectivity index (χ0n) is 17.0. The minimum Gasteiger partial charge on any atom is -0.497 e. The van der Waals surface area contributed by atoms with Crippen LogP contribution in [-0.4, -0.2) is 7.11 Å². The first-order valence-electron chi connectivity index (χ1n) is 9.96. The van der Waals surface area contributed by atoms with Crippen LogP contribution in [0.25, 0.3) is 11.1 Å². The molecule has 0 saturated carbocycles. The summed E-state index contributed by atoms with van der Waals surface area (Å²) >= 11 is 0. The molecule has 2 bridgehead atoms. The average molecular weight is 410 g/mol. The summed E-state index contributed by atoms with van der Waals surface area (Å²) in [6.45, 7) is 0. The van der Waals surface area contributed by atoms with Crippen molar-refractivity contribution in [1.29, 1.82) is 21.0 Å². The Morgan fingerprint density at radius 2 is 1.12 bits per heavy atom. The Labute approximate surface area is 184 Å². The molecule has 0 heterocycles. The Hall–Kier alpha value is -4.84. The van der Waals surface area contributed by atoms with Gasteiger partial charge in [0.1, 0.15) is 41.2 Å². The van der Waals surface area contributed by atoms with Crippen molar-refractivity contribution in [2.75, 3.05) is 7.11 Å². The highest BCUT2D eigenvalue weighted by Gasteiger charge is 2.43. The van der Waals surface area contributed by atoms with Crippen molar-refractivity contribution < 1.29 is 4.74 Å². The van der Waals surface area contributed by atoms with Gasteiger partial charge in [0.15, 0.2) is 0 Å². The van der Waals surface area contributed by atoms with Crippen LogP contribution in [0.4, 0.5) is 0 Å². The summed E-state index contributed by atoms with van der Waals surface area (Å²) in [5.41, 5.74) is 5.98. The van der Waals surface area contributed by atoms with Crippen molar-refractivity contribution in [3.8, 4) is 30.0 Å². The minimum atomic E-state index is -0.249. The molecule has 3 aliphatic carbocycles. The maximum atomic E-state index is 9.66. The predicted molar refractivity (Wildman–Crippen MR) is 116 cm³/mol. The van der Waals surface area contributed by atoms with Crippen LogP contribution in [0.3, 0.4) is 0 Å². The molecule has 0 fully saturated rings. The number of hydrogen-bond acceptors (Lipinski definition) is 5. The van der Waals surface area contributed by atoms with Gasteiger partial charge in [0, 0.05) is 22.3 Å². The Bertz CT molecular complexity index is 1590. The van der Waals surface area contributed by atoms with Crippen molar-refractivity contribution in [2.24, 2.45) is 0 Å². The van der Waals surface area contributed by atoms with Crippen LogP contribution >= 0.6 is 0 Å². The maximum absolute atomic E-state index is 9.66. The molecule has 5 nitrogen and oxygen atoms in total. The first-order chi connectivity index (χ1) is 15.7. The number of hydrogen-bond donors (Lipinski definition) is 0. The molecule has 32 heavy (non-hydrogen) atoms. The van der Waals surface area contributed by atoms with Gasteiger partial charge in [-0.15, -0.1) is 0 Å². The molecular weight excluding hydrogens is 396 g/mol. The van der Waals surface area contributed by atoms with Gasteiger partial charge in [0.05, 0.1) is 7.11 Å². The lowest BCUT2D eigenvalue weighted by Crippen LogP contribution is -2.38. The van der Waals surface area contributed by atoms with E-state index in [1.165, 1.54) is 0 Å². The zero-order valence-corrected chi connectivity index (χ0v) is 17.0. The predicted octanol–water partition coefficient (Wildman–Crippen LogP) is 3.08. The molecule has 0 aromatic heterocycles. The molecule has 0 unspecified atom stereocenters. The Morgan fingerprint density at radius 3 is 1.59 bits per heavy atom. The van der Waals surface area contributed by atoms with Crippen LogP contribution in [0, 0.1) is 45.3 Å². The van der Waals surface area contributed by atoms with Gasteiger partial charge in [0.2, 0.25) is 0 Å². The van der Waals surface area contributed by atoms with Gasteiger partial charge in [-0.25, -0.2) is 0 Å². The van der Waals surface area contributed by atoms with E-state index in [4.69, 9.17) is 4.74 Å². The van der Waals surface area contributed by atoms with Crippen LogP contribution in [0.1, 0.15) is 45.2 Å². The van der Waals surface area contributed by atoms with E-state index < -0.39 is 0 Å². The largest absolute Gasteiger partial charge is 0.497 e. The van der Waals surface area contributed by atoms with Crippen molar-refractivity contribution in [2.45, 2.75) is 11.8 Å². The summed E-state index contributed by atoms with van der Waals surface area (Å²) in [6.07, 6.45) is 0. The molecule has 6 rings (SSSR count). The van der Waals surface area contributed by atoms with E-state index in [2.05, 4.69) is 12.1 Å². The smallest absolute Gasteiger partial charge is 0.137 e. The SMILES string of the molecule is COc1ccc2c(c1)[C@H]1c3ccccc3[C@@H]2c2c1c(=C(C#N)C#N)ccc2=C(C#N)C#N. The third kappa shape index (κ3) is 2.40. The van der Waals surface area contributed by atoms with E-state index in [-0.39, 0.29) is 23.0 Å². The molecule has 0 aliphatic heterocycles. The number of ether oxygens (including phenoxy) is 1. The highest BCUT2D eigenvalue weighted by atomic mass is 16.5. The maximum Gasteiger partial charge on any atom is 0.137 e. The molecule has 0 amide bonds. The molecule has 3 aromatic carbocycles. The van der Waals surface area contributed by atoms with Crippen LogP contribution in [0.5, 0.6) is 5.75 Å². The molecule has 5 heteroatoms. The molecule has 0 N–H and O–H groups in total. The van der Waals surface area contributed by atoms with Gasteiger partial charge in [-0.2, -0.15) is 21.0 Å². The highest BCUT2D eigenvalue weighted by molar-refractivity contribution is 5.80.